The molecule has 0 radical (unpaired) electrons. The number of nitrogens with zero attached hydrogens (tertiary/aromatic N) is 2. The Morgan fingerprint density at radius 3 is 2.80 bits per heavy atom. The molecular formula is C17H16ClN5O2. The van der Waals surface area contributed by atoms with Gasteiger partial charge in [0.05, 0.1) is 17.8 Å². The van der Waals surface area contributed by atoms with Crippen LogP contribution >= 0.6 is 11.6 Å². The number of anilines is 2. The number of benzene rings is 2. The van der Waals surface area contributed by atoms with E-state index in [9.17, 15) is 4.79 Å². The van der Waals surface area contributed by atoms with Gasteiger partial charge in [-0.3, -0.25) is 4.79 Å². The molecule has 0 bridgehead atoms. The van der Waals surface area contributed by atoms with Crippen LogP contribution in [-0.4, -0.2) is 33.6 Å². The normalized spacial score (nSPS) is 12.1. The summed E-state index contributed by atoms with van der Waals surface area (Å²) in [5.74, 6) is -0.337. The number of amides is 1. The Labute approximate surface area is 148 Å². The summed E-state index contributed by atoms with van der Waals surface area (Å²) in [7, 11) is 0. The maximum absolute atomic E-state index is 11.8. The molecule has 0 aliphatic rings. The molecule has 25 heavy (non-hydrogen) atoms. The zero-order valence-electron chi connectivity index (χ0n) is 13.1. The number of carbonyl (C=O) groups excluding carboxylic acids is 1. The molecule has 2 aromatic carbocycles. The number of aliphatic hydroxyl groups excluding tert-OH is 1. The number of nitrogens with two attached hydrogens (primary N) is 2. The fraction of sp³-hybridized carbons (Fsp3) is 0.118. The van der Waals surface area contributed by atoms with Gasteiger partial charge in [0.2, 0.25) is 11.9 Å². The first-order valence-corrected chi connectivity index (χ1v) is 7.86. The molecule has 1 aromatic heterocycles. The topological polar surface area (TPSA) is 127 Å². The van der Waals surface area contributed by atoms with Gasteiger partial charge in [0.1, 0.15) is 6.04 Å². The molecule has 0 aliphatic carbocycles. The molecule has 0 unspecified atom stereocenters. The highest BCUT2D eigenvalue weighted by atomic mass is 35.5. The van der Waals surface area contributed by atoms with Crippen molar-refractivity contribution in [2.45, 2.75) is 6.04 Å². The van der Waals surface area contributed by atoms with E-state index in [1.165, 1.54) is 0 Å². The Morgan fingerprint density at radius 2 is 2.04 bits per heavy atom. The van der Waals surface area contributed by atoms with Crippen molar-refractivity contribution in [1.29, 1.82) is 0 Å². The third-order valence-electron chi connectivity index (χ3n) is 3.61. The molecule has 1 atom stereocenters. The van der Waals surface area contributed by atoms with Crippen molar-refractivity contribution in [3.05, 3.63) is 47.5 Å². The molecule has 128 valence electrons. The van der Waals surface area contributed by atoms with Crippen LogP contribution < -0.4 is 16.8 Å². The fourth-order valence-corrected chi connectivity index (χ4v) is 2.57. The Kier molecular flexibility index (Phi) is 4.80. The molecule has 3 aromatic rings. The van der Waals surface area contributed by atoms with Gasteiger partial charge < -0.3 is 21.9 Å². The van der Waals surface area contributed by atoms with Gasteiger partial charge in [-0.15, -0.1) is 0 Å². The molecule has 1 heterocycles. The Balaban J connectivity index is 2.05. The lowest BCUT2D eigenvalue weighted by Gasteiger charge is -2.12. The van der Waals surface area contributed by atoms with E-state index in [1.807, 2.05) is 6.07 Å². The number of hydrogen-bond acceptors (Lipinski definition) is 6. The summed E-state index contributed by atoms with van der Waals surface area (Å²) in [6, 6.07) is 11.3. The Bertz CT molecular complexity index is 947. The van der Waals surface area contributed by atoms with Crippen LogP contribution in [0.2, 0.25) is 5.02 Å². The largest absolute Gasteiger partial charge is 0.394 e. The molecule has 1 amide bonds. The second kappa shape index (κ2) is 7.02. The number of carbonyl (C=O) groups is 1. The van der Waals surface area contributed by atoms with Gasteiger partial charge in [-0.2, -0.15) is 0 Å². The monoisotopic (exact) mass is 357 g/mol. The first kappa shape index (κ1) is 17.1. The van der Waals surface area contributed by atoms with Crippen molar-refractivity contribution in [3.63, 3.8) is 0 Å². The van der Waals surface area contributed by atoms with E-state index >= 15 is 0 Å². The van der Waals surface area contributed by atoms with Crippen molar-refractivity contribution in [1.82, 2.24) is 9.97 Å². The highest BCUT2D eigenvalue weighted by Crippen LogP contribution is 2.30. The summed E-state index contributed by atoms with van der Waals surface area (Å²) >= 11 is 6.09. The second-order valence-corrected chi connectivity index (χ2v) is 5.89. The lowest BCUT2D eigenvalue weighted by molar-refractivity contribution is -0.118. The fourth-order valence-electron chi connectivity index (χ4n) is 2.40. The van der Waals surface area contributed by atoms with Crippen LogP contribution in [-0.2, 0) is 4.79 Å². The van der Waals surface area contributed by atoms with E-state index in [1.54, 1.807) is 36.4 Å². The van der Waals surface area contributed by atoms with Gasteiger partial charge in [-0.05, 0) is 30.3 Å². The van der Waals surface area contributed by atoms with E-state index in [4.69, 9.17) is 28.2 Å². The number of aromatic nitrogens is 2. The number of aliphatic hydroxyl groups is 1. The summed E-state index contributed by atoms with van der Waals surface area (Å²) < 4.78 is 0. The summed E-state index contributed by atoms with van der Waals surface area (Å²) in [4.78, 5) is 20.4. The number of fused-ring (bicyclic) bond motifs is 1. The van der Waals surface area contributed by atoms with Crippen LogP contribution in [0, 0.1) is 0 Å². The minimum absolute atomic E-state index is 0.140. The summed E-state index contributed by atoms with van der Waals surface area (Å²) in [5, 5.41) is 12.9. The summed E-state index contributed by atoms with van der Waals surface area (Å²) in [6.45, 7) is -0.433. The molecule has 7 nitrogen and oxygen atoms in total. The first-order chi connectivity index (χ1) is 12.0. The number of nitrogen functional groups attached to an aromatic ring is 1. The predicted molar refractivity (Wildman–Crippen MR) is 98.1 cm³/mol. The lowest BCUT2D eigenvalue weighted by atomic mass is 10.1. The van der Waals surface area contributed by atoms with Crippen LogP contribution in [0.5, 0.6) is 0 Å². The minimum Gasteiger partial charge on any atom is -0.394 e. The standard InChI is InChI=1S/C17H16ClN5O2/c18-10-4-5-14-12(7-10)15(23-17(20)22-14)9-2-1-3-11(6-9)21-16(25)13(19)8-24/h1-7,13,24H,8,19H2,(H,21,25)(H2,20,22,23)/t13-/m0/s1. The van der Waals surface area contributed by atoms with Gasteiger partial charge in [0.15, 0.2) is 0 Å². The molecule has 0 spiro atoms. The highest BCUT2D eigenvalue weighted by Gasteiger charge is 2.14. The lowest BCUT2D eigenvalue weighted by Crippen LogP contribution is -2.38. The van der Waals surface area contributed by atoms with Gasteiger partial charge in [-0.1, -0.05) is 23.7 Å². The number of halogens is 1. The van der Waals surface area contributed by atoms with Gasteiger partial charge >= 0.3 is 0 Å². The quantitative estimate of drug-likeness (QED) is 0.563. The van der Waals surface area contributed by atoms with Crippen molar-refractivity contribution >= 4 is 40.0 Å². The molecule has 0 aliphatic heterocycles. The molecule has 0 saturated carbocycles. The maximum atomic E-state index is 11.8. The van der Waals surface area contributed by atoms with E-state index < -0.39 is 18.6 Å². The summed E-state index contributed by atoms with van der Waals surface area (Å²) in [6.07, 6.45) is 0. The van der Waals surface area contributed by atoms with Crippen LogP contribution in [0.1, 0.15) is 0 Å². The molecule has 6 N–H and O–H groups in total. The van der Waals surface area contributed by atoms with Gasteiger partial charge in [-0.25, -0.2) is 9.97 Å². The zero-order chi connectivity index (χ0) is 18.0. The van der Waals surface area contributed by atoms with E-state index in [0.717, 1.165) is 10.9 Å². The van der Waals surface area contributed by atoms with E-state index in [0.29, 0.717) is 21.9 Å². The first-order valence-electron chi connectivity index (χ1n) is 7.48. The van der Waals surface area contributed by atoms with Crippen molar-refractivity contribution < 1.29 is 9.90 Å². The Hall–Kier alpha value is -2.74. The summed E-state index contributed by atoms with van der Waals surface area (Å²) in [5.41, 5.74) is 13.9. The molecule has 3 rings (SSSR count). The minimum atomic E-state index is -0.988. The molecule has 0 fully saturated rings. The molecular weight excluding hydrogens is 342 g/mol. The van der Waals surface area contributed by atoms with Crippen molar-refractivity contribution in [2.75, 3.05) is 17.7 Å². The number of hydrogen-bond donors (Lipinski definition) is 4. The molecule has 0 saturated heterocycles. The highest BCUT2D eigenvalue weighted by molar-refractivity contribution is 6.31. The van der Waals surface area contributed by atoms with E-state index in [-0.39, 0.29) is 5.95 Å². The van der Waals surface area contributed by atoms with Crippen LogP contribution in [0.4, 0.5) is 11.6 Å². The smallest absolute Gasteiger partial charge is 0.243 e. The van der Waals surface area contributed by atoms with E-state index in [2.05, 4.69) is 15.3 Å². The average Bonchev–Trinajstić information content (AvgIpc) is 2.60. The van der Waals surface area contributed by atoms with Crippen LogP contribution in [0.3, 0.4) is 0 Å². The second-order valence-electron chi connectivity index (χ2n) is 5.45. The average molecular weight is 358 g/mol. The SMILES string of the molecule is Nc1nc(-c2cccc(NC(=O)[C@@H](N)CO)c2)c2cc(Cl)ccc2n1. The van der Waals surface area contributed by atoms with Gasteiger partial charge in [0, 0.05) is 21.7 Å². The van der Waals surface area contributed by atoms with Crippen molar-refractivity contribution in [2.24, 2.45) is 5.73 Å². The van der Waals surface area contributed by atoms with Crippen LogP contribution in [0.15, 0.2) is 42.5 Å². The zero-order valence-corrected chi connectivity index (χ0v) is 13.9. The van der Waals surface area contributed by atoms with Gasteiger partial charge in [0.25, 0.3) is 0 Å². The maximum Gasteiger partial charge on any atom is 0.243 e. The number of rotatable bonds is 4. The third kappa shape index (κ3) is 3.69. The molecule has 8 heteroatoms. The van der Waals surface area contributed by atoms with Crippen molar-refractivity contribution in [3.8, 4) is 11.3 Å². The number of nitrogens with one attached hydrogen (secondary N) is 1. The van der Waals surface area contributed by atoms with Crippen LogP contribution in [0.25, 0.3) is 22.2 Å². The Morgan fingerprint density at radius 1 is 1.24 bits per heavy atom. The predicted octanol–water partition coefficient (Wildman–Crippen LogP) is 1.79. The third-order valence-corrected chi connectivity index (χ3v) is 3.85.